The Bertz CT molecular complexity index is 1210. The molecule has 6 nitrogen and oxygen atoms in total. The number of ether oxygens (including phenoxy) is 1. The van der Waals surface area contributed by atoms with Crippen LogP contribution in [-0.4, -0.2) is 21.8 Å². The second kappa shape index (κ2) is 7.76. The van der Waals surface area contributed by atoms with E-state index in [1.807, 2.05) is 6.07 Å². The highest BCUT2D eigenvalue weighted by atomic mass is 32.2. The van der Waals surface area contributed by atoms with Gasteiger partial charge in [-0.15, -0.1) is 13.2 Å². The monoisotopic (exact) mass is 436 g/mol. The number of rotatable bonds is 5. The predicted octanol–water partition coefficient (Wildman–Crippen LogP) is 4.85. The summed E-state index contributed by atoms with van der Waals surface area (Å²) in [6, 6.07) is 13.9. The molecule has 0 fully saturated rings. The third-order valence-corrected chi connectivity index (χ3v) is 6.05. The highest BCUT2D eigenvalue weighted by Crippen LogP contribution is 2.32. The molecular formula is C20H15F3N2O4S. The Morgan fingerprint density at radius 3 is 2.30 bits per heavy atom. The van der Waals surface area contributed by atoms with Gasteiger partial charge in [0, 0.05) is 12.6 Å². The zero-order valence-electron chi connectivity index (χ0n) is 15.8. The van der Waals surface area contributed by atoms with Gasteiger partial charge in [-0.1, -0.05) is 12.1 Å². The number of hydrogen-bond acceptors (Lipinski definition) is 5. The second-order valence-corrected chi connectivity index (χ2v) is 8.24. The SMILES string of the molecule is Cc1ccc(-c2ccc(C#N)o2)cc1N(C)S(=O)(=O)c1ccc(OC(F)(F)F)cc1. The third kappa shape index (κ3) is 4.41. The molecule has 0 atom stereocenters. The van der Waals surface area contributed by atoms with Crippen LogP contribution in [0.2, 0.25) is 0 Å². The minimum Gasteiger partial charge on any atom is -0.446 e. The molecule has 0 amide bonds. The Kier molecular flexibility index (Phi) is 5.50. The molecule has 10 heteroatoms. The Balaban J connectivity index is 1.94. The van der Waals surface area contributed by atoms with E-state index in [1.165, 1.54) is 13.1 Å². The lowest BCUT2D eigenvalue weighted by atomic mass is 10.1. The van der Waals surface area contributed by atoms with Gasteiger partial charge in [-0.05, 0) is 55.0 Å². The number of sulfonamides is 1. The van der Waals surface area contributed by atoms with Crippen molar-refractivity contribution in [2.24, 2.45) is 0 Å². The van der Waals surface area contributed by atoms with Gasteiger partial charge in [0.25, 0.3) is 10.0 Å². The lowest BCUT2D eigenvalue weighted by molar-refractivity contribution is -0.274. The molecule has 1 aromatic heterocycles. The zero-order valence-corrected chi connectivity index (χ0v) is 16.6. The molecule has 3 aromatic rings. The number of benzene rings is 2. The first-order valence-corrected chi connectivity index (χ1v) is 9.91. The average Bonchev–Trinajstić information content (AvgIpc) is 3.16. The fourth-order valence-electron chi connectivity index (χ4n) is 2.76. The number of anilines is 1. The van der Waals surface area contributed by atoms with Gasteiger partial charge in [0.1, 0.15) is 17.6 Å². The molecule has 0 radical (unpaired) electrons. The molecule has 156 valence electrons. The summed E-state index contributed by atoms with van der Waals surface area (Å²) in [5, 5.41) is 8.90. The third-order valence-electron chi connectivity index (χ3n) is 4.26. The molecule has 3 rings (SSSR count). The van der Waals surface area contributed by atoms with Crippen molar-refractivity contribution in [3.8, 4) is 23.1 Å². The topological polar surface area (TPSA) is 83.5 Å². The van der Waals surface area contributed by atoms with Crippen LogP contribution >= 0.6 is 0 Å². The molecule has 2 aromatic carbocycles. The van der Waals surface area contributed by atoms with E-state index in [2.05, 4.69) is 4.74 Å². The van der Waals surface area contributed by atoms with Crippen LogP contribution in [0.25, 0.3) is 11.3 Å². The maximum Gasteiger partial charge on any atom is 0.573 e. The quantitative estimate of drug-likeness (QED) is 0.571. The van der Waals surface area contributed by atoms with E-state index in [4.69, 9.17) is 9.68 Å². The molecule has 30 heavy (non-hydrogen) atoms. The largest absolute Gasteiger partial charge is 0.573 e. The normalized spacial score (nSPS) is 11.7. The minimum atomic E-state index is -4.87. The molecule has 0 aliphatic heterocycles. The summed E-state index contributed by atoms with van der Waals surface area (Å²) in [6.07, 6.45) is -4.87. The van der Waals surface area contributed by atoms with Crippen LogP contribution in [0.1, 0.15) is 11.3 Å². The van der Waals surface area contributed by atoms with Gasteiger partial charge < -0.3 is 9.15 Å². The summed E-state index contributed by atoms with van der Waals surface area (Å²) >= 11 is 0. The van der Waals surface area contributed by atoms with E-state index >= 15 is 0 Å². The highest BCUT2D eigenvalue weighted by Gasteiger charge is 2.31. The number of hydrogen-bond donors (Lipinski definition) is 0. The van der Waals surface area contributed by atoms with Gasteiger partial charge in [0.05, 0.1) is 10.6 Å². The minimum absolute atomic E-state index is 0.120. The molecule has 0 spiro atoms. The summed E-state index contributed by atoms with van der Waals surface area (Å²) in [6.45, 7) is 1.72. The lowest BCUT2D eigenvalue weighted by Gasteiger charge is -2.22. The number of aryl methyl sites for hydroxylation is 1. The molecule has 0 saturated carbocycles. The van der Waals surface area contributed by atoms with Crippen molar-refractivity contribution in [3.63, 3.8) is 0 Å². The van der Waals surface area contributed by atoms with Crippen molar-refractivity contribution in [2.45, 2.75) is 18.2 Å². The van der Waals surface area contributed by atoms with E-state index in [0.29, 0.717) is 22.6 Å². The summed E-state index contributed by atoms with van der Waals surface area (Å²) in [7, 11) is -2.72. The molecular weight excluding hydrogens is 421 g/mol. The molecule has 0 bridgehead atoms. The number of nitriles is 1. The maximum absolute atomic E-state index is 13.0. The Morgan fingerprint density at radius 1 is 1.07 bits per heavy atom. The van der Waals surface area contributed by atoms with Gasteiger partial charge in [0.2, 0.25) is 5.76 Å². The maximum atomic E-state index is 13.0. The van der Waals surface area contributed by atoms with Crippen LogP contribution in [0.3, 0.4) is 0 Å². The Hall–Kier alpha value is -3.45. The van der Waals surface area contributed by atoms with Crippen LogP contribution in [0.15, 0.2) is 63.9 Å². The Labute approximate surface area is 170 Å². The van der Waals surface area contributed by atoms with Crippen LogP contribution < -0.4 is 9.04 Å². The average molecular weight is 436 g/mol. The molecule has 1 heterocycles. The Morgan fingerprint density at radius 2 is 1.73 bits per heavy atom. The second-order valence-electron chi connectivity index (χ2n) is 6.27. The number of halogens is 3. The van der Waals surface area contributed by atoms with Gasteiger partial charge in [-0.2, -0.15) is 5.26 Å². The number of nitrogens with zero attached hydrogens (tertiary/aromatic N) is 2. The van der Waals surface area contributed by atoms with E-state index < -0.39 is 22.1 Å². The van der Waals surface area contributed by atoms with Crippen molar-refractivity contribution in [3.05, 3.63) is 65.9 Å². The summed E-state index contributed by atoms with van der Waals surface area (Å²) < 4.78 is 73.0. The van der Waals surface area contributed by atoms with Crippen molar-refractivity contribution in [2.75, 3.05) is 11.4 Å². The van der Waals surface area contributed by atoms with Crippen LogP contribution in [-0.2, 0) is 10.0 Å². The van der Waals surface area contributed by atoms with Crippen molar-refractivity contribution < 1.29 is 30.7 Å². The molecule has 0 unspecified atom stereocenters. The summed E-state index contributed by atoms with van der Waals surface area (Å²) in [5.41, 5.74) is 1.56. The summed E-state index contributed by atoms with van der Waals surface area (Å²) in [4.78, 5) is -0.200. The van der Waals surface area contributed by atoms with Gasteiger partial charge in [-0.3, -0.25) is 4.31 Å². The standard InChI is InChI=1S/C20H15F3N2O4S/c1-13-3-4-14(19-10-7-16(12-24)28-19)11-18(13)25(2)30(26,27)17-8-5-15(6-9-17)29-20(21,22)23/h3-11H,1-2H3. The van der Waals surface area contributed by atoms with Crippen LogP contribution in [0.4, 0.5) is 18.9 Å². The van der Waals surface area contributed by atoms with E-state index in [-0.39, 0.29) is 10.7 Å². The van der Waals surface area contributed by atoms with Gasteiger partial charge in [0.15, 0.2) is 0 Å². The molecule has 0 saturated heterocycles. The smallest absolute Gasteiger partial charge is 0.446 e. The first-order valence-electron chi connectivity index (χ1n) is 8.47. The molecule has 0 aliphatic rings. The molecule has 0 N–H and O–H groups in total. The van der Waals surface area contributed by atoms with Gasteiger partial charge in [-0.25, -0.2) is 8.42 Å². The predicted molar refractivity (Wildman–Crippen MR) is 102 cm³/mol. The number of alkyl halides is 3. The zero-order chi connectivity index (χ0) is 22.1. The van der Waals surface area contributed by atoms with E-state index in [9.17, 15) is 21.6 Å². The van der Waals surface area contributed by atoms with Crippen molar-refractivity contribution in [1.29, 1.82) is 5.26 Å². The van der Waals surface area contributed by atoms with Crippen molar-refractivity contribution in [1.82, 2.24) is 0 Å². The van der Waals surface area contributed by atoms with Crippen LogP contribution in [0.5, 0.6) is 5.75 Å². The fourth-order valence-corrected chi connectivity index (χ4v) is 4.01. The summed E-state index contributed by atoms with van der Waals surface area (Å²) in [5.74, 6) is -0.00471. The van der Waals surface area contributed by atoms with Crippen molar-refractivity contribution >= 4 is 15.7 Å². The fraction of sp³-hybridized carbons (Fsp3) is 0.150. The van der Waals surface area contributed by atoms with Crippen LogP contribution in [0, 0.1) is 18.3 Å². The molecule has 0 aliphatic carbocycles. The van der Waals surface area contributed by atoms with Gasteiger partial charge >= 0.3 is 6.36 Å². The first kappa shape index (κ1) is 21.3. The van der Waals surface area contributed by atoms with E-state index in [0.717, 1.165) is 28.6 Å². The lowest BCUT2D eigenvalue weighted by Crippen LogP contribution is -2.27. The number of furan rings is 1. The first-order chi connectivity index (χ1) is 14.0. The van der Waals surface area contributed by atoms with E-state index in [1.54, 1.807) is 31.2 Å². The highest BCUT2D eigenvalue weighted by molar-refractivity contribution is 7.92.